The average molecular weight is 300 g/mol. The van der Waals surface area contributed by atoms with Gasteiger partial charge >= 0.3 is 0 Å². The van der Waals surface area contributed by atoms with Crippen molar-refractivity contribution in [3.63, 3.8) is 0 Å². The highest BCUT2D eigenvalue weighted by molar-refractivity contribution is 9.10. The molecule has 0 aliphatic carbocycles. The van der Waals surface area contributed by atoms with Crippen LogP contribution in [-0.2, 0) is 4.74 Å². The lowest BCUT2D eigenvalue weighted by Gasteiger charge is -2.19. The summed E-state index contributed by atoms with van der Waals surface area (Å²) in [7, 11) is 0. The van der Waals surface area contributed by atoms with Gasteiger partial charge in [0.1, 0.15) is 0 Å². The van der Waals surface area contributed by atoms with E-state index in [-0.39, 0.29) is 12.6 Å². The number of hydrogen-bond donors (Lipinski definition) is 2. The van der Waals surface area contributed by atoms with Gasteiger partial charge in [0, 0.05) is 17.6 Å². The second-order valence-corrected chi connectivity index (χ2v) is 5.25. The molecule has 1 saturated heterocycles. The minimum Gasteiger partial charge on any atom is -0.394 e. The molecule has 2 N–H and O–H groups in total. The summed E-state index contributed by atoms with van der Waals surface area (Å²) < 4.78 is 6.60. The van der Waals surface area contributed by atoms with Crippen molar-refractivity contribution in [2.45, 2.75) is 25.0 Å². The first-order valence-electron chi connectivity index (χ1n) is 6.01. The van der Waals surface area contributed by atoms with Gasteiger partial charge in [-0.25, -0.2) is 0 Å². The molecule has 0 bridgehead atoms. The maximum absolute atomic E-state index is 9.41. The van der Waals surface area contributed by atoms with E-state index in [1.807, 2.05) is 24.3 Å². The number of rotatable bonds is 5. The van der Waals surface area contributed by atoms with Gasteiger partial charge in [0.2, 0.25) is 0 Å². The van der Waals surface area contributed by atoms with Gasteiger partial charge < -0.3 is 15.2 Å². The molecular formula is C13H18BrNO2. The lowest BCUT2D eigenvalue weighted by molar-refractivity contribution is 0.104. The molecule has 1 aliphatic rings. The number of nitrogens with one attached hydrogen (secondary N) is 1. The summed E-state index contributed by atoms with van der Waals surface area (Å²) in [4.78, 5) is 0. The molecule has 1 aromatic carbocycles. The maximum atomic E-state index is 9.41. The van der Waals surface area contributed by atoms with E-state index in [9.17, 15) is 5.11 Å². The Morgan fingerprint density at radius 2 is 2.18 bits per heavy atom. The number of halogens is 1. The minimum absolute atomic E-state index is 0.00713. The lowest BCUT2D eigenvalue weighted by atomic mass is 10.1. The van der Waals surface area contributed by atoms with Crippen LogP contribution in [0.3, 0.4) is 0 Å². The zero-order valence-corrected chi connectivity index (χ0v) is 11.3. The van der Waals surface area contributed by atoms with Gasteiger partial charge in [-0.2, -0.15) is 0 Å². The average Bonchev–Trinajstić information content (AvgIpc) is 2.85. The molecule has 3 nitrogen and oxygen atoms in total. The van der Waals surface area contributed by atoms with Crippen LogP contribution in [0.2, 0.25) is 0 Å². The van der Waals surface area contributed by atoms with E-state index >= 15 is 0 Å². The molecule has 0 radical (unpaired) electrons. The van der Waals surface area contributed by atoms with Gasteiger partial charge in [-0.3, -0.25) is 0 Å². The van der Waals surface area contributed by atoms with E-state index in [1.54, 1.807) is 0 Å². The van der Waals surface area contributed by atoms with Gasteiger partial charge in [0.15, 0.2) is 0 Å². The predicted molar refractivity (Wildman–Crippen MR) is 70.9 cm³/mol. The van der Waals surface area contributed by atoms with E-state index in [2.05, 4.69) is 21.2 Å². The quantitative estimate of drug-likeness (QED) is 0.876. The Kier molecular flexibility index (Phi) is 4.98. The van der Waals surface area contributed by atoms with Crippen molar-refractivity contribution in [2.75, 3.05) is 19.8 Å². The Labute approximate surface area is 110 Å². The van der Waals surface area contributed by atoms with Crippen molar-refractivity contribution in [2.24, 2.45) is 0 Å². The number of benzene rings is 1. The molecule has 0 aromatic heterocycles. The van der Waals surface area contributed by atoms with Crippen LogP contribution in [0.5, 0.6) is 0 Å². The molecule has 17 heavy (non-hydrogen) atoms. The molecule has 0 spiro atoms. The van der Waals surface area contributed by atoms with E-state index in [1.165, 1.54) is 0 Å². The van der Waals surface area contributed by atoms with Gasteiger partial charge in [-0.1, -0.05) is 28.1 Å². The lowest BCUT2D eigenvalue weighted by Crippen LogP contribution is -2.31. The van der Waals surface area contributed by atoms with E-state index in [4.69, 9.17) is 4.74 Å². The first kappa shape index (κ1) is 13.0. The molecule has 4 heteroatoms. The monoisotopic (exact) mass is 299 g/mol. The van der Waals surface area contributed by atoms with Crippen LogP contribution in [0, 0.1) is 0 Å². The van der Waals surface area contributed by atoms with E-state index in [0.717, 1.165) is 36.0 Å². The van der Waals surface area contributed by atoms with Crippen LogP contribution in [0.25, 0.3) is 0 Å². The largest absolute Gasteiger partial charge is 0.394 e. The van der Waals surface area contributed by atoms with Crippen molar-refractivity contribution in [3.8, 4) is 0 Å². The van der Waals surface area contributed by atoms with Crippen LogP contribution in [0.15, 0.2) is 28.7 Å². The van der Waals surface area contributed by atoms with Crippen molar-refractivity contribution in [3.05, 3.63) is 34.3 Å². The summed E-state index contributed by atoms with van der Waals surface area (Å²) in [6, 6.07) is 8.02. The molecule has 0 amide bonds. The van der Waals surface area contributed by atoms with Gasteiger partial charge in [0.25, 0.3) is 0 Å². The summed E-state index contributed by atoms with van der Waals surface area (Å²) in [5.41, 5.74) is 1.11. The van der Waals surface area contributed by atoms with Gasteiger partial charge in [-0.15, -0.1) is 0 Å². The summed E-state index contributed by atoms with van der Waals surface area (Å²) in [6.07, 6.45) is 2.57. The predicted octanol–water partition coefficient (Wildman–Crippen LogP) is 2.25. The van der Waals surface area contributed by atoms with Crippen LogP contribution in [-0.4, -0.2) is 31.0 Å². The SMILES string of the molecule is OCC(NCC1CCCO1)c1ccc(Br)cc1. The van der Waals surface area contributed by atoms with Gasteiger partial charge in [-0.05, 0) is 30.5 Å². The molecular weight excluding hydrogens is 282 g/mol. The first-order valence-corrected chi connectivity index (χ1v) is 6.80. The molecule has 0 saturated carbocycles. The van der Waals surface area contributed by atoms with Crippen LogP contribution >= 0.6 is 15.9 Å². The molecule has 2 rings (SSSR count). The Balaban J connectivity index is 1.89. The third kappa shape index (κ3) is 3.78. The smallest absolute Gasteiger partial charge is 0.0700 e. The van der Waals surface area contributed by atoms with Crippen LogP contribution < -0.4 is 5.32 Å². The fourth-order valence-electron chi connectivity index (χ4n) is 2.06. The molecule has 1 fully saturated rings. The van der Waals surface area contributed by atoms with Crippen LogP contribution in [0.4, 0.5) is 0 Å². The normalized spacial score (nSPS) is 21.6. The number of ether oxygens (including phenoxy) is 1. The second-order valence-electron chi connectivity index (χ2n) is 4.33. The summed E-state index contributed by atoms with van der Waals surface area (Å²) in [6.45, 7) is 1.78. The fourth-order valence-corrected chi connectivity index (χ4v) is 2.33. The zero-order chi connectivity index (χ0) is 12.1. The molecule has 2 unspecified atom stereocenters. The van der Waals surface area contributed by atoms with Gasteiger partial charge in [0.05, 0.1) is 18.8 Å². The minimum atomic E-state index is -0.00713. The summed E-state index contributed by atoms with van der Waals surface area (Å²) in [5.74, 6) is 0. The standard InChI is InChI=1S/C13H18BrNO2/c14-11-5-3-10(4-6-11)13(9-16)15-8-12-2-1-7-17-12/h3-6,12-13,15-16H,1-2,7-9H2. The third-order valence-corrected chi connectivity index (χ3v) is 3.60. The molecule has 1 aliphatic heterocycles. The second kappa shape index (κ2) is 6.50. The van der Waals surface area contributed by atoms with E-state index < -0.39 is 0 Å². The fraction of sp³-hybridized carbons (Fsp3) is 0.538. The van der Waals surface area contributed by atoms with Crippen molar-refractivity contribution in [1.82, 2.24) is 5.32 Å². The Morgan fingerprint density at radius 1 is 1.41 bits per heavy atom. The van der Waals surface area contributed by atoms with Crippen molar-refractivity contribution >= 4 is 15.9 Å². The molecule has 94 valence electrons. The number of aliphatic hydroxyl groups excluding tert-OH is 1. The topological polar surface area (TPSA) is 41.5 Å². The maximum Gasteiger partial charge on any atom is 0.0700 e. The first-order chi connectivity index (χ1) is 8.29. The molecule has 1 aromatic rings. The molecule has 1 heterocycles. The Bertz CT molecular complexity index is 336. The van der Waals surface area contributed by atoms with Crippen molar-refractivity contribution in [1.29, 1.82) is 0 Å². The number of hydrogen-bond acceptors (Lipinski definition) is 3. The highest BCUT2D eigenvalue weighted by Crippen LogP contribution is 2.18. The Hall–Kier alpha value is -0.420. The Morgan fingerprint density at radius 3 is 2.76 bits per heavy atom. The summed E-state index contributed by atoms with van der Waals surface area (Å²) >= 11 is 3.41. The highest BCUT2D eigenvalue weighted by Gasteiger charge is 2.17. The third-order valence-electron chi connectivity index (χ3n) is 3.07. The zero-order valence-electron chi connectivity index (χ0n) is 9.73. The van der Waals surface area contributed by atoms with Crippen LogP contribution in [0.1, 0.15) is 24.4 Å². The highest BCUT2D eigenvalue weighted by atomic mass is 79.9. The summed E-state index contributed by atoms with van der Waals surface area (Å²) in [5, 5.41) is 12.8. The number of aliphatic hydroxyl groups is 1. The van der Waals surface area contributed by atoms with E-state index in [0.29, 0.717) is 6.10 Å². The molecule has 2 atom stereocenters. The van der Waals surface area contributed by atoms with Crippen molar-refractivity contribution < 1.29 is 9.84 Å².